The number of nitrogens with zero attached hydrogens (tertiary/aromatic N) is 1. The summed E-state index contributed by atoms with van der Waals surface area (Å²) in [5.41, 5.74) is 0.327. The molecule has 0 aromatic rings. The smallest absolute Gasteiger partial charge is 0.323 e. The number of fused-ring (bicyclic) bond motifs is 7. The van der Waals surface area contributed by atoms with E-state index >= 15 is 0 Å². The topological polar surface area (TPSA) is 166 Å². The van der Waals surface area contributed by atoms with Gasteiger partial charge >= 0.3 is 11.9 Å². The number of carboxylic acid groups (broad SMARTS) is 1. The van der Waals surface area contributed by atoms with Gasteiger partial charge in [-0.2, -0.15) is 0 Å². The largest absolute Gasteiger partial charge is 0.481 e. The van der Waals surface area contributed by atoms with E-state index in [9.17, 15) is 35.1 Å². The van der Waals surface area contributed by atoms with Crippen LogP contribution in [0.2, 0.25) is 0 Å². The Bertz CT molecular complexity index is 1340. The lowest BCUT2D eigenvalue weighted by atomic mass is 9.32. The van der Waals surface area contributed by atoms with Gasteiger partial charge in [-0.15, -0.1) is 5.06 Å². The molecule has 0 spiro atoms. The number of carboxylic acids is 1. The van der Waals surface area contributed by atoms with Crippen molar-refractivity contribution in [3.8, 4) is 0 Å². The molecule has 11 nitrogen and oxygen atoms in total. The quantitative estimate of drug-likeness (QED) is 0.139. The monoisotopic (exact) mass is 705 g/mol. The fourth-order valence-electron chi connectivity index (χ4n) is 13.6. The number of carbonyl (C=O) groups is 2. The summed E-state index contributed by atoms with van der Waals surface area (Å²) in [6.45, 7) is 17.5. The van der Waals surface area contributed by atoms with E-state index in [1.54, 1.807) is 0 Å². The van der Waals surface area contributed by atoms with Crippen LogP contribution in [-0.2, 0) is 23.9 Å². The molecule has 5 N–H and O–H groups in total. The van der Waals surface area contributed by atoms with E-state index in [1.165, 1.54) is 7.11 Å². The summed E-state index contributed by atoms with van der Waals surface area (Å²) in [6, 6.07) is 0. The minimum absolute atomic E-state index is 0.0348. The highest BCUT2D eigenvalue weighted by atomic mass is 16.7. The van der Waals surface area contributed by atoms with Gasteiger partial charge in [0.2, 0.25) is 0 Å². The van der Waals surface area contributed by atoms with Crippen molar-refractivity contribution < 1.29 is 49.4 Å². The second-order valence-electron chi connectivity index (χ2n) is 18.5. The maximum atomic E-state index is 13.5. The molecule has 6 fully saturated rings. The first-order chi connectivity index (χ1) is 23.3. The molecule has 4 unspecified atom stereocenters. The maximum Gasteiger partial charge on any atom is 0.323 e. The van der Waals surface area contributed by atoms with E-state index in [2.05, 4.69) is 48.1 Å². The number of ether oxygens (including phenoxy) is 2. The maximum absolute atomic E-state index is 13.5. The summed E-state index contributed by atoms with van der Waals surface area (Å²) in [6.07, 6.45) is 1.79. The van der Waals surface area contributed by atoms with Crippen LogP contribution in [0.25, 0.3) is 0 Å². The molecule has 0 radical (unpaired) electrons. The number of rotatable bonds is 8. The van der Waals surface area contributed by atoms with Crippen LogP contribution >= 0.6 is 0 Å². The summed E-state index contributed by atoms with van der Waals surface area (Å²) < 4.78 is 11.8. The van der Waals surface area contributed by atoms with Gasteiger partial charge in [0, 0.05) is 5.41 Å². The number of esters is 1. The molecule has 0 aromatic carbocycles. The first-order valence-electron chi connectivity index (χ1n) is 19.0. The zero-order valence-corrected chi connectivity index (χ0v) is 31.3. The van der Waals surface area contributed by atoms with Crippen LogP contribution in [0, 0.1) is 56.7 Å². The average Bonchev–Trinajstić information content (AvgIpc) is 3.46. The zero-order valence-electron chi connectivity index (χ0n) is 31.3. The number of aliphatic hydroxyl groups excluding tert-OH is 4. The predicted octanol–water partition coefficient (Wildman–Crippen LogP) is 4.30. The van der Waals surface area contributed by atoms with E-state index in [0.717, 1.165) is 68.4 Å². The first kappa shape index (κ1) is 38.1. The Morgan fingerprint density at radius 2 is 1.56 bits per heavy atom. The van der Waals surface area contributed by atoms with Gasteiger partial charge in [0.25, 0.3) is 0 Å². The molecule has 0 aromatic heterocycles. The van der Waals surface area contributed by atoms with Gasteiger partial charge in [-0.1, -0.05) is 46.8 Å². The van der Waals surface area contributed by atoms with Gasteiger partial charge in [0.15, 0.2) is 6.23 Å². The van der Waals surface area contributed by atoms with Crippen LogP contribution in [0.3, 0.4) is 0 Å². The summed E-state index contributed by atoms with van der Waals surface area (Å²) >= 11 is 0. The lowest BCUT2D eigenvalue weighted by Crippen LogP contribution is -2.67. The molecule has 15 atom stereocenters. The molecule has 5 aliphatic carbocycles. The fraction of sp³-hybridized carbons (Fsp3) is 0.897. The average molecular weight is 706 g/mol. The van der Waals surface area contributed by atoms with Crippen molar-refractivity contribution >= 4 is 11.9 Å². The van der Waals surface area contributed by atoms with Gasteiger partial charge < -0.3 is 35.0 Å². The molecule has 284 valence electrons. The van der Waals surface area contributed by atoms with Crippen LogP contribution in [0.4, 0.5) is 0 Å². The molecule has 1 aliphatic heterocycles. The number of aliphatic carboxylic acids is 1. The number of carbonyl (C=O) groups excluding carboxylic acids is 1. The molecular weight excluding hydrogens is 642 g/mol. The van der Waals surface area contributed by atoms with Gasteiger partial charge in [0.1, 0.15) is 37.1 Å². The SMILES string of the molecule is C=C(C)[C@@H]1CC[C@]2(C(=O)O)CC[C@]3(C)C(CCC4[C@@]5(C)CC[C@H](OC(=O)CN(OC)[C@@H]6O[C@H](CO)[C@@H](O)[C@@H](O)[C@H]6O)C(C)(C)C5CC[C@]43C)C12. The van der Waals surface area contributed by atoms with Crippen LogP contribution in [0.5, 0.6) is 0 Å². The molecule has 1 heterocycles. The Hall–Kier alpha value is -1.60. The fourth-order valence-corrected chi connectivity index (χ4v) is 13.6. The molecular formula is C39H63NO10. The van der Waals surface area contributed by atoms with E-state index in [4.69, 9.17) is 14.3 Å². The molecule has 0 amide bonds. The number of aliphatic hydroxyl groups is 4. The number of hydroxylamine groups is 2. The highest BCUT2D eigenvalue weighted by molar-refractivity contribution is 5.76. The van der Waals surface area contributed by atoms with Crippen LogP contribution in [0.1, 0.15) is 106 Å². The zero-order chi connectivity index (χ0) is 36.8. The lowest BCUT2D eigenvalue weighted by Gasteiger charge is -2.72. The first-order valence-corrected chi connectivity index (χ1v) is 19.0. The Balaban J connectivity index is 1.19. The third kappa shape index (κ3) is 5.37. The van der Waals surface area contributed by atoms with Gasteiger partial charge in [-0.25, -0.2) is 0 Å². The van der Waals surface area contributed by atoms with Crippen molar-refractivity contribution in [3.63, 3.8) is 0 Å². The molecule has 1 saturated heterocycles. The normalized spacial score (nSPS) is 49.6. The van der Waals surface area contributed by atoms with Crippen molar-refractivity contribution in [3.05, 3.63) is 12.2 Å². The molecule has 5 saturated carbocycles. The van der Waals surface area contributed by atoms with Crippen molar-refractivity contribution in [2.45, 2.75) is 142 Å². The lowest BCUT2D eigenvalue weighted by molar-refractivity contribution is -0.327. The second-order valence-corrected chi connectivity index (χ2v) is 18.5. The summed E-state index contributed by atoms with van der Waals surface area (Å²) in [4.78, 5) is 31.8. The molecule has 0 bridgehead atoms. The Morgan fingerprint density at radius 3 is 2.18 bits per heavy atom. The highest BCUT2D eigenvalue weighted by Crippen LogP contribution is 2.77. The van der Waals surface area contributed by atoms with E-state index < -0.39 is 54.6 Å². The van der Waals surface area contributed by atoms with Crippen LogP contribution in [0.15, 0.2) is 12.2 Å². The number of allylic oxidation sites excluding steroid dienone is 1. The third-order valence-electron chi connectivity index (χ3n) is 16.4. The Kier molecular flexibility index (Phi) is 9.96. The van der Waals surface area contributed by atoms with Gasteiger partial charge in [0.05, 0.1) is 19.1 Å². The van der Waals surface area contributed by atoms with E-state index in [-0.39, 0.29) is 46.1 Å². The number of hydrogen-bond donors (Lipinski definition) is 5. The van der Waals surface area contributed by atoms with Gasteiger partial charge in [-0.05, 0) is 117 Å². The minimum atomic E-state index is -1.59. The highest BCUT2D eigenvalue weighted by Gasteiger charge is 2.72. The van der Waals surface area contributed by atoms with E-state index in [0.29, 0.717) is 24.2 Å². The molecule has 6 rings (SSSR count). The van der Waals surface area contributed by atoms with Crippen LogP contribution < -0.4 is 0 Å². The van der Waals surface area contributed by atoms with Gasteiger partial charge in [-0.3, -0.25) is 14.4 Å². The van der Waals surface area contributed by atoms with Crippen molar-refractivity contribution in [1.82, 2.24) is 5.06 Å². The minimum Gasteiger partial charge on any atom is -0.481 e. The van der Waals surface area contributed by atoms with Crippen molar-refractivity contribution in [2.75, 3.05) is 20.3 Å². The second kappa shape index (κ2) is 13.1. The predicted molar refractivity (Wildman–Crippen MR) is 184 cm³/mol. The number of hydrogen-bond acceptors (Lipinski definition) is 10. The summed E-state index contributed by atoms with van der Waals surface area (Å²) in [7, 11) is 1.32. The van der Waals surface area contributed by atoms with Crippen LogP contribution in [-0.4, -0.2) is 99.5 Å². The summed E-state index contributed by atoms with van der Waals surface area (Å²) in [5, 5.41) is 52.4. The molecule has 11 heteroatoms. The third-order valence-corrected chi connectivity index (χ3v) is 16.4. The van der Waals surface area contributed by atoms with Crippen molar-refractivity contribution in [2.24, 2.45) is 56.7 Å². The van der Waals surface area contributed by atoms with E-state index in [1.807, 2.05) is 0 Å². The summed E-state index contributed by atoms with van der Waals surface area (Å²) in [5.74, 6) is 0.404. The molecule has 50 heavy (non-hydrogen) atoms. The Labute approximate surface area is 297 Å². The Morgan fingerprint density at radius 1 is 0.860 bits per heavy atom. The van der Waals surface area contributed by atoms with Crippen molar-refractivity contribution in [1.29, 1.82) is 0 Å². The standard InChI is InChI=1S/C39H63NO10/c1-21(2)22-11-16-39(34(46)47)18-17-37(6)23(29(22)39)9-10-26-36(5)14-13-27(35(3,4)25(36)12-15-38(26,37)7)50-28(42)19-40(48-8)33-32(45)31(44)30(43)24(20-41)49-33/h22-27,29-33,41,43-45H,1,9-20H2,2-8H3,(H,46,47)/t22-,23?,24+,25?,26?,27-,29?,30+,31+,32+,33+,36-,37+,38+,39-/m0/s1. The molecule has 6 aliphatic rings.